The van der Waals surface area contributed by atoms with E-state index in [-0.39, 0.29) is 5.82 Å². The smallest absolute Gasteiger partial charge is 0.235 e. The number of halogens is 1. The van der Waals surface area contributed by atoms with E-state index in [9.17, 15) is 4.39 Å². The molecule has 0 N–H and O–H groups in total. The molecule has 0 aliphatic rings. The minimum absolute atomic E-state index is 0.235. The van der Waals surface area contributed by atoms with E-state index < -0.39 is 0 Å². The number of hydrogen-bond acceptors (Lipinski definition) is 2. The summed E-state index contributed by atoms with van der Waals surface area (Å²) in [6.45, 7) is 0. The second kappa shape index (κ2) is 13.1. The molecule has 3 aromatic heterocycles. The van der Waals surface area contributed by atoms with Gasteiger partial charge in [-0.3, -0.25) is 4.57 Å². The average molecular weight is 757 g/mol. The van der Waals surface area contributed by atoms with E-state index in [1.807, 2.05) is 30.3 Å². The van der Waals surface area contributed by atoms with E-state index in [0.29, 0.717) is 5.95 Å². The predicted molar refractivity (Wildman–Crippen MR) is 242 cm³/mol. The van der Waals surface area contributed by atoms with Crippen molar-refractivity contribution < 1.29 is 4.39 Å². The first-order chi connectivity index (χ1) is 29.1. The summed E-state index contributed by atoms with van der Waals surface area (Å²) in [4.78, 5) is 10.6. The lowest BCUT2D eigenvalue weighted by Crippen LogP contribution is -2.04. The maximum Gasteiger partial charge on any atom is 0.235 e. The Kier molecular flexibility index (Phi) is 7.38. The Hall–Kier alpha value is -7.89. The predicted octanol–water partition coefficient (Wildman–Crippen LogP) is 14.1. The number of aromatic nitrogens is 4. The lowest BCUT2D eigenvalue weighted by molar-refractivity contribution is 0.630. The number of rotatable bonds is 5. The van der Waals surface area contributed by atoms with Gasteiger partial charge >= 0.3 is 0 Å². The Balaban J connectivity index is 1.03. The second-order valence-corrected chi connectivity index (χ2v) is 15.2. The van der Waals surface area contributed by atoms with Crippen LogP contribution in [-0.2, 0) is 0 Å². The zero-order chi connectivity index (χ0) is 39.0. The van der Waals surface area contributed by atoms with Gasteiger partial charge in [0.15, 0.2) is 0 Å². The highest BCUT2D eigenvalue weighted by Gasteiger charge is 2.19. The molecular formula is C54H33FN4. The van der Waals surface area contributed by atoms with Crippen LogP contribution in [0.15, 0.2) is 200 Å². The van der Waals surface area contributed by atoms with Crippen LogP contribution in [0, 0.1) is 5.82 Å². The third-order valence-electron chi connectivity index (χ3n) is 11.8. The molecule has 0 fully saturated rings. The average Bonchev–Trinajstić information content (AvgIpc) is 3.81. The molecular weight excluding hydrogens is 724 g/mol. The van der Waals surface area contributed by atoms with Crippen molar-refractivity contribution in [2.45, 2.75) is 0 Å². The summed E-state index contributed by atoms with van der Waals surface area (Å²) >= 11 is 0. The molecule has 3 heterocycles. The van der Waals surface area contributed by atoms with Gasteiger partial charge in [0.2, 0.25) is 5.95 Å². The van der Waals surface area contributed by atoms with E-state index >= 15 is 0 Å². The summed E-state index contributed by atoms with van der Waals surface area (Å²) in [6, 6.07) is 69.1. The number of fused-ring (bicyclic) bond motifs is 9. The summed E-state index contributed by atoms with van der Waals surface area (Å²) in [5, 5.41) is 8.76. The summed E-state index contributed by atoms with van der Waals surface area (Å²) in [6.07, 6.45) is 0. The summed E-state index contributed by atoms with van der Waals surface area (Å²) in [5.74, 6) is 0.367. The molecule has 5 heteroatoms. The van der Waals surface area contributed by atoms with Crippen LogP contribution in [0.3, 0.4) is 0 Å². The minimum Gasteiger partial charge on any atom is -0.309 e. The van der Waals surface area contributed by atoms with Crippen molar-refractivity contribution in [1.29, 1.82) is 0 Å². The first-order valence-corrected chi connectivity index (χ1v) is 19.8. The molecule has 0 atom stereocenters. The molecule has 276 valence electrons. The molecule has 12 aromatic rings. The summed E-state index contributed by atoms with van der Waals surface area (Å²) in [7, 11) is 0. The molecule has 0 saturated heterocycles. The van der Waals surface area contributed by atoms with Gasteiger partial charge < -0.3 is 4.57 Å². The molecule has 0 spiro atoms. The van der Waals surface area contributed by atoms with Gasteiger partial charge in [0.1, 0.15) is 5.82 Å². The molecule has 0 aliphatic carbocycles. The highest BCUT2D eigenvalue weighted by atomic mass is 19.1. The van der Waals surface area contributed by atoms with Gasteiger partial charge in [0.05, 0.1) is 33.5 Å². The number of benzene rings is 9. The van der Waals surface area contributed by atoms with Crippen LogP contribution >= 0.6 is 0 Å². The van der Waals surface area contributed by atoms with Gasteiger partial charge in [-0.25, -0.2) is 14.4 Å². The molecule has 0 amide bonds. The molecule has 0 aliphatic heterocycles. The van der Waals surface area contributed by atoms with E-state index in [0.717, 1.165) is 82.7 Å². The Labute approximate surface area is 338 Å². The van der Waals surface area contributed by atoms with Crippen molar-refractivity contribution in [3.63, 3.8) is 0 Å². The standard InChI is InChI=1S/C54H33FN4/c55-40-24-26-43-38(30-40)20-19-37-29-39(21-25-42(37)43)49-33-48(34-11-3-1-4-12-34)56-54(57-49)59-51-18-10-8-16-45(51)47-32-36(23-28-53(47)59)35-22-27-52-46(31-35)44-15-7-9-17-50(44)58(52)41-13-5-2-6-14-41/h1-33H. The molecule has 4 nitrogen and oxygen atoms in total. The van der Waals surface area contributed by atoms with Gasteiger partial charge in [-0.05, 0) is 105 Å². The van der Waals surface area contributed by atoms with Crippen LogP contribution in [0.2, 0.25) is 0 Å². The quantitative estimate of drug-likeness (QED) is 0.164. The zero-order valence-electron chi connectivity index (χ0n) is 31.7. The van der Waals surface area contributed by atoms with E-state index in [4.69, 9.17) is 9.97 Å². The van der Waals surface area contributed by atoms with Crippen LogP contribution < -0.4 is 0 Å². The maximum atomic E-state index is 14.1. The maximum absolute atomic E-state index is 14.1. The molecule has 0 unspecified atom stereocenters. The molecule has 0 radical (unpaired) electrons. The Morgan fingerprint density at radius 1 is 0.322 bits per heavy atom. The topological polar surface area (TPSA) is 35.6 Å². The highest BCUT2D eigenvalue weighted by Crippen LogP contribution is 2.39. The largest absolute Gasteiger partial charge is 0.309 e. The first-order valence-electron chi connectivity index (χ1n) is 19.8. The van der Waals surface area contributed by atoms with Gasteiger partial charge in [-0.2, -0.15) is 0 Å². The van der Waals surface area contributed by atoms with Crippen LogP contribution in [0.25, 0.3) is 110 Å². The SMILES string of the molecule is Fc1ccc2c(ccc3cc(-c4cc(-c5ccccc5)nc(-n5c6ccccc6c6cc(-c7ccc8c(c7)c7ccccc7n8-c7ccccc7)ccc65)n4)ccc32)c1. The Bertz CT molecular complexity index is 3620. The van der Waals surface area contributed by atoms with E-state index in [1.54, 1.807) is 6.07 Å². The minimum atomic E-state index is -0.235. The van der Waals surface area contributed by atoms with Gasteiger partial charge in [-0.15, -0.1) is 0 Å². The lowest BCUT2D eigenvalue weighted by atomic mass is 9.98. The van der Waals surface area contributed by atoms with E-state index in [2.05, 4.69) is 167 Å². The van der Waals surface area contributed by atoms with Crippen LogP contribution in [0.1, 0.15) is 0 Å². The second-order valence-electron chi connectivity index (χ2n) is 15.2. The van der Waals surface area contributed by atoms with Crippen molar-refractivity contribution in [1.82, 2.24) is 19.1 Å². The number of nitrogens with zero attached hydrogens (tertiary/aromatic N) is 4. The fourth-order valence-corrected chi connectivity index (χ4v) is 9.02. The van der Waals surface area contributed by atoms with Crippen LogP contribution in [0.4, 0.5) is 4.39 Å². The fourth-order valence-electron chi connectivity index (χ4n) is 9.02. The molecule has 59 heavy (non-hydrogen) atoms. The first kappa shape index (κ1) is 33.3. The normalized spacial score (nSPS) is 11.8. The zero-order valence-corrected chi connectivity index (χ0v) is 31.7. The molecule has 12 rings (SSSR count). The van der Waals surface area contributed by atoms with Crippen molar-refractivity contribution in [2.75, 3.05) is 0 Å². The van der Waals surface area contributed by atoms with Gasteiger partial charge in [-0.1, -0.05) is 127 Å². The van der Waals surface area contributed by atoms with Gasteiger partial charge in [0.25, 0.3) is 0 Å². The van der Waals surface area contributed by atoms with Crippen molar-refractivity contribution in [3.05, 3.63) is 206 Å². The van der Waals surface area contributed by atoms with Crippen molar-refractivity contribution in [2.24, 2.45) is 0 Å². The highest BCUT2D eigenvalue weighted by molar-refractivity contribution is 6.13. The molecule has 0 bridgehead atoms. The number of para-hydroxylation sites is 3. The Morgan fingerprint density at radius 2 is 0.831 bits per heavy atom. The number of hydrogen-bond donors (Lipinski definition) is 0. The molecule has 9 aromatic carbocycles. The van der Waals surface area contributed by atoms with Crippen molar-refractivity contribution >= 4 is 65.2 Å². The Morgan fingerprint density at radius 3 is 1.51 bits per heavy atom. The van der Waals surface area contributed by atoms with E-state index in [1.165, 1.54) is 27.9 Å². The van der Waals surface area contributed by atoms with Crippen LogP contribution in [-0.4, -0.2) is 19.1 Å². The summed E-state index contributed by atoms with van der Waals surface area (Å²) < 4.78 is 18.6. The van der Waals surface area contributed by atoms with Gasteiger partial charge in [0, 0.05) is 38.4 Å². The van der Waals surface area contributed by atoms with Crippen LogP contribution in [0.5, 0.6) is 0 Å². The summed E-state index contributed by atoms with van der Waals surface area (Å²) in [5.41, 5.74) is 11.5. The third-order valence-corrected chi connectivity index (χ3v) is 11.8. The van der Waals surface area contributed by atoms with Crippen molar-refractivity contribution in [3.8, 4) is 45.3 Å². The lowest BCUT2D eigenvalue weighted by Gasteiger charge is -2.13. The fraction of sp³-hybridized carbons (Fsp3) is 0. The monoisotopic (exact) mass is 756 g/mol. The molecule has 0 saturated carbocycles. The third kappa shape index (κ3) is 5.36.